The van der Waals surface area contributed by atoms with Crippen LogP contribution in [-0.2, 0) is 0 Å². The van der Waals surface area contributed by atoms with Gasteiger partial charge in [0.25, 0.3) is 5.13 Å². The lowest BCUT2D eigenvalue weighted by atomic mass is 10.1. The second-order valence-corrected chi connectivity index (χ2v) is 4.10. The van der Waals surface area contributed by atoms with Crippen LogP contribution in [0.3, 0.4) is 0 Å². The fraction of sp³-hybridized carbons (Fsp3) is 0.333. The average molecular weight is 277 g/mol. The summed E-state index contributed by atoms with van der Waals surface area (Å²) in [6.07, 6.45) is -2.82. The number of alkyl halides is 6. The molecule has 1 nitrogen and oxygen atoms in total. The molecule has 0 aliphatic rings. The average Bonchev–Trinajstić information content (AvgIpc) is 2.16. The van der Waals surface area contributed by atoms with Crippen molar-refractivity contribution < 1.29 is 22.7 Å². The number of hydrogen-bond acceptors (Lipinski definition) is 1. The van der Waals surface area contributed by atoms with Crippen molar-refractivity contribution in [1.29, 1.82) is 0 Å². The first-order chi connectivity index (χ1) is 7.16. The van der Waals surface area contributed by atoms with Crippen molar-refractivity contribution in [2.75, 3.05) is 0 Å². The molecule has 2 atom stereocenters. The molecule has 1 N–H and O–H groups in total. The number of phenols is 1. The minimum atomic E-state index is -4.55. The second-order valence-electron chi connectivity index (χ2n) is 3.07. The Balaban J connectivity index is 3.02. The third-order valence-electron chi connectivity index (χ3n) is 1.88. The first-order valence-electron chi connectivity index (χ1n) is 4.04. The molecule has 0 amide bonds. The molecule has 1 aromatic carbocycles. The number of halogens is 6. The third-order valence-corrected chi connectivity index (χ3v) is 2.68. The van der Waals surface area contributed by atoms with E-state index in [1.807, 2.05) is 0 Å². The Bertz CT molecular complexity index is 361. The maximum atomic E-state index is 13.4. The summed E-state index contributed by atoms with van der Waals surface area (Å²) in [5.41, 5.74) is -0.448. The van der Waals surface area contributed by atoms with E-state index in [4.69, 9.17) is 16.7 Å². The van der Waals surface area contributed by atoms with E-state index in [1.54, 1.807) is 0 Å². The maximum Gasteiger partial charge on any atom is 0.372 e. The molecule has 0 aliphatic heterocycles. The monoisotopic (exact) mass is 276 g/mol. The normalized spacial score (nSPS) is 17.9. The van der Waals surface area contributed by atoms with Crippen molar-refractivity contribution in [3.63, 3.8) is 0 Å². The van der Waals surface area contributed by atoms with Crippen LogP contribution in [0.25, 0.3) is 0 Å². The van der Waals surface area contributed by atoms with Crippen LogP contribution < -0.4 is 0 Å². The molecule has 1 rings (SSSR count). The Morgan fingerprint density at radius 1 is 1.06 bits per heavy atom. The van der Waals surface area contributed by atoms with Gasteiger partial charge in [0, 0.05) is 0 Å². The molecular formula is C9H6Cl2F4O. The third kappa shape index (κ3) is 2.52. The minimum Gasteiger partial charge on any atom is -0.508 e. The summed E-state index contributed by atoms with van der Waals surface area (Å²) in [5, 5.41) is 0.278. The van der Waals surface area contributed by atoms with Gasteiger partial charge in [0.05, 0.1) is 0 Å². The zero-order valence-corrected chi connectivity index (χ0v) is 9.11. The van der Waals surface area contributed by atoms with Gasteiger partial charge in [-0.15, -0.1) is 0 Å². The van der Waals surface area contributed by atoms with Crippen LogP contribution in [-0.4, -0.2) is 15.6 Å². The lowest BCUT2D eigenvalue weighted by molar-refractivity contribution is -0.0615. The summed E-state index contributed by atoms with van der Waals surface area (Å²) < 4.78 is 51.6. The van der Waals surface area contributed by atoms with E-state index in [9.17, 15) is 17.6 Å². The summed E-state index contributed by atoms with van der Waals surface area (Å²) in [6, 6.07) is 3.89. The molecule has 2 unspecified atom stereocenters. The number of benzene rings is 1. The van der Waals surface area contributed by atoms with Crippen LogP contribution in [0.15, 0.2) is 24.3 Å². The first kappa shape index (κ1) is 13.4. The van der Waals surface area contributed by atoms with Crippen LogP contribution in [0.5, 0.6) is 5.75 Å². The molecule has 0 bridgehead atoms. The highest BCUT2D eigenvalue weighted by molar-refractivity contribution is 6.32. The van der Waals surface area contributed by atoms with Gasteiger partial charge in [0.1, 0.15) is 5.75 Å². The molecule has 0 spiro atoms. The Kier molecular flexibility index (Phi) is 3.59. The van der Waals surface area contributed by atoms with Crippen molar-refractivity contribution in [3.05, 3.63) is 29.8 Å². The molecule has 0 radical (unpaired) electrons. The molecule has 0 saturated heterocycles. The Morgan fingerprint density at radius 3 is 1.88 bits per heavy atom. The van der Waals surface area contributed by atoms with Gasteiger partial charge in [-0.3, -0.25) is 0 Å². The topological polar surface area (TPSA) is 20.2 Å². The highest BCUT2D eigenvalue weighted by Crippen LogP contribution is 2.49. The van der Waals surface area contributed by atoms with Crippen LogP contribution in [0.4, 0.5) is 17.6 Å². The van der Waals surface area contributed by atoms with Crippen LogP contribution in [0.1, 0.15) is 11.7 Å². The maximum absolute atomic E-state index is 13.4. The Labute approximate surface area is 98.6 Å². The van der Waals surface area contributed by atoms with Crippen molar-refractivity contribution in [2.45, 2.75) is 16.7 Å². The van der Waals surface area contributed by atoms with Gasteiger partial charge < -0.3 is 5.11 Å². The number of aromatic hydroxyl groups is 1. The van der Waals surface area contributed by atoms with Gasteiger partial charge in [0.2, 0.25) is 0 Å². The Hall–Kier alpha value is -0.680. The molecular weight excluding hydrogens is 271 g/mol. The highest BCUT2D eigenvalue weighted by atomic mass is 35.5. The molecule has 0 aromatic heterocycles. The van der Waals surface area contributed by atoms with Crippen LogP contribution in [0, 0.1) is 0 Å². The number of hydrogen-bond donors (Lipinski definition) is 1. The van der Waals surface area contributed by atoms with Crippen LogP contribution in [0.2, 0.25) is 0 Å². The molecule has 0 saturated carbocycles. The largest absolute Gasteiger partial charge is 0.508 e. The van der Waals surface area contributed by atoms with E-state index in [-0.39, 0.29) is 5.75 Å². The lowest BCUT2D eigenvalue weighted by Gasteiger charge is -2.26. The van der Waals surface area contributed by atoms with E-state index >= 15 is 0 Å². The van der Waals surface area contributed by atoms with Gasteiger partial charge in [-0.1, -0.05) is 23.7 Å². The standard InChI is InChI=1S/C9H6Cl2F4O/c10-8(13,9(11,14)15)7(12)5-1-3-6(16)4-2-5/h1-4,7,16H. The fourth-order valence-electron chi connectivity index (χ4n) is 0.996. The zero-order chi connectivity index (χ0) is 12.6. The molecule has 0 aliphatic carbocycles. The van der Waals surface area contributed by atoms with Crippen molar-refractivity contribution >= 4 is 23.2 Å². The van der Waals surface area contributed by atoms with E-state index in [0.29, 0.717) is 0 Å². The predicted molar refractivity (Wildman–Crippen MR) is 52.4 cm³/mol. The zero-order valence-electron chi connectivity index (χ0n) is 7.60. The van der Waals surface area contributed by atoms with Crippen molar-refractivity contribution in [2.24, 2.45) is 0 Å². The summed E-state index contributed by atoms with van der Waals surface area (Å²) >= 11 is 9.12. The SMILES string of the molecule is Oc1ccc(C(F)C(F)(Cl)C(F)(F)Cl)cc1. The summed E-state index contributed by atoms with van der Waals surface area (Å²) in [4.78, 5) is 0. The summed E-state index contributed by atoms with van der Waals surface area (Å²) in [7, 11) is 0. The van der Waals surface area contributed by atoms with Crippen molar-refractivity contribution in [3.8, 4) is 5.75 Å². The summed E-state index contributed by atoms with van der Waals surface area (Å²) in [6.45, 7) is 0. The lowest BCUT2D eigenvalue weighted by Crippen LogP contribution is -2.38. The Morgan fingerprint density at radius 2 is 1.50 bits per heavy atom. The summed E-state index contributed by atoms with van der Waals surface area (Å²) in [5.74, 6) is -0.215. The molecule has 1 aromatic rings. The van der Waals surface area contributed by atoms with E-state index in [0.717, 1.165) is 24.3 Å². The van der Waals surface area contributed by atoms with Gasteiger partial charge in [-0.2, -0.15) is 8.78 Å². The van der Waals surface area contributed by atoms with Gasteiger partial charge in [0.15, 0.2) is 6.17 Å². The molecule has 90 valence electrons. The molecule has 0 fully saturated rings. The quantitative estimate of drug-likeness (QED) is 0.650. The number of phenolic OH excluding ortho intramolecular Hbond substituents is 1. The van der Waals surface area contributed by atoms with E-state index in [1.165, 1.54) is 0 Å². The molecule has 7 heteroatoms. The van der Waals surface area contributed by atoms with Gasteiger partial charge in [-0.05, 0) is 29.3 Å². The predicted octanol–water partition coefficient (Wildman–Crippen LogP) is 4.14. The van der Waals surface area contributed by atoms with Gasteiger partial charge >= 0.3 is 5.38 Å². The fourth-order valence-corrected chi connectivity index (χ4v) is 1.22. The van der Waals surface area contributed by atoms with E-state index in [2.05, 4.69) is 11.6 Å². The number of rotatable bonds is 3. The van der Waals surface area contributed by atoms with E-state index < -0.39 is 22.2 Å². The molecule has 0 heterocycles. The second kappa shape index (κ2) is 4.30. The van der Waals surface area contributed by atoms with Crippen LogP contribution >= 0.6 is 23.2 Å². The van der Waals surface area contributed by atoms with Gasteiger partial charge in [-0.25, -0.2) is 8.78 Å². The minimum absolute atomic E-state index is 0.215. The molecule has 16 heavy (non-hydrogen) atoms. The smallest absolute Gasteiger partial charge is 0.372 e. The highest BCUT2D eigenvalue weighted by Gasteiger charge is 2.59. The van der Waals surface area contributed by atoms with Crippen molar-refractivity contribution in [1.82, 2.24) is 0 Å². The first-order valence-corrected chi connectivity index (χ1v) is 4.79.